The molecule has 7 nitrogen and oxygen atoms in total. The number of benzene rings is 2. The number of carbonyl (C=O) groups is 2. The van der Waals surface area contributed by atoms with Gasteiger partial charge in [-0.2, -0.15) is 0 Å². The first kappa shape index (κ1) is 22.9. The van der Waals surface area contributed by atoms with E-state index in [1.807, 2.05) is 50.4 Å². The van der Waals surface area contributed by atoms with Crippen molar-refractivity contribution in [2.24, 2.45) is 0 Å². The summed E-state index contributed by atoms with van der Waals surface area (Å²) in [6, 6.07) is 15.9. The van der Waals surface area contributed by atoms with Crippen molar-refractivity contribution in [2.45, 2.75) is 20.0 Å². The number of nitrogens with one attached hydrogen (secondary N) is 4. The largest absolute Gasteiger partial charge is 0.370 e. The van der Waals surface area contributed by atoms with Crippen molar-refractivity contribution in [1.82, 2.24) is 5.32 Å². The van der Waals surface area contributed by atoms with Gasteiger partial charge in [-0.1, -0.05) is 42.0 Å². The van der Waals surface area contributed by atoms with Crippen molar-refractivity contribution in [1.29, 1.82) is 0 Å². The van der Waals surface area contributed by atoms with Crippen LogP contribution in [-0.4, -0.2) is 58.3 Å². The van der Waals surface area contributed by atoms with Crippen LogP contribution in [0.1, 0.15) is 16.7 Å². The van der Waals surface area contributed by atoms with E-state index in [-0.39, 0.29) is 24.9 Å². The van der Waals surface area contributed by atoms with E-state index >= 15 is 0 Å². The lowest BCUT2D eigenvalue weighted by Crippen LogP contribution is -3.12. The summed E-state index contributed by atoms with van der Waals surface area (Å²) in [4.78, 5) is 27.0. The number of quaternary nitrogens is 2. The van der Waals surface area contributed by atoms with Gasteiger partial charge in [-0.05, 0) is 24.6 Å². The highest BCUT2D eigenvalue weighted by atomic mass is 16.5. The number of carbonyl (C=O) groups excluding carboxylic acids is 2. The monoisotopic (exact) mass is 426 g/mol. The molecular weight excluding hydrogens is 392 g/mol. The van der Waals surface area contributed by atoms with Crippen molar-refractivity contribution in [3.63, 3.8) is 0 Å². The molecule has 2 amide bonds. The molecule has 31 heavy (non-hydrogen) atoms. The Hall–Kier alpha value is -2.74. The van der Waals surface area contributed by atoms with Crippen LogP contribution in [0.5, 0.6) is 0 Å². The minimum atomic E-state index is -0.104. The molecule has 1 saturated heterocycles. The lowest BCUT2D eigenvalue weighted by molar-refractivity contribution is -0.921. The van der Waals surface area contributed by atoms with Crippen molar-refractivity contribution >= 4 is 17.5 Å². The second kappa shape index (κ2) is 11.6. The Morgan fingerprint density at radius 1 is 0.968 bits per heavy atom. The van der Waals surface area contributed by atoms with Gasteiger partial charge in [-0.25, -0.2) is 0 Å². The smallest absolute Gasteiger partial charge is 0.279 e. The Kier molecular flexibility index (Phi) is 8.58. The van der Waals surface area contributed by atoms with E-state index in [9.17, 15) is 9.59 Å². The van der Waals surface area contributed by atoms with Gasteiger partial charge < -0.3 is 25.2 Å². The van der Waals surface area contributed by atoms with Crippen LogP contribution in [-0.2, 0) is 27.4 Å². The van der Waals surface area contributed by atoms with Gasteiger partial charge in [0, 0.05) is 17.8 Å². The molecule has 4 N–H and O–H groups in total. The maximum atomic E-state index is 12.4. The number of morpholine rings is 1. The minimum Gasteiger partial charge on any atom is -0.370 e. The van der Waals surface area contributed by atoms with Gasteiger partial charge >= 0.3 is 0 Å². The van der Waals surface area contributed by atoms with Gasteiger partial charge in [0.2, 0.25) is 0 Å². The van der Waals surface area contributed by atoms with Crippen LogP contribution in [0, 0.1) is 6.92 Å². The van der Waals surface area contributed by atoms with Crippen molar-refractivity contribution in [3.8, 4) is 0 Å². The van der Waals surface area contributed by atoms with E-state index in [1.54, 1.807) is 0 Å². The number of likely N-dealkylation sites (N-methyl/N-ethyl adjacent to an activating group) is 1. The normalized spacial score (nSPS) is 15.3. The third-order valence-corrected chi connectivity index (χ3v) is 5.49. The lowest BCUT2D eigenvalue weighted by Gasteiger charge is -2.24. The molecule has 2 aromatic rings. The quantitative estimate of drug-likeness (QED) is 0.423. The summed E-state index contributed by atoms with van der Waals surface area (Å²) >= 11 is 0. The van der Waals surface area contributed by atoms with Crippen molar-refractivity contribution in [3.05, 3.63) is 65.2 Å². The van der Waals surface area contributed by atoms with Crippen LogP contribution in [0.3, 0.4) is 0 Å². The maximum Gasteiger partial charge on any atom is 0.279 e. The number of hydrogen-bond acceptors (Lipinski definition) is 3. The molecule has 1 aliphatic rings. The fourth-order valence-electron chi connectivity index (χ4n) is 3.72. The van der Waals surface area contributed by atoms with Crippen molar-refractivity contribution < 1.29 is 24.1 Å². The first-order chi connectivity index (χ1) is 15.0. The molecule has 1 aliphatic heterocycles. The summed E-state index contributed by atoms with van der Waals surface area (Å²) in [6.07, 6.45) is 0. The van der Waals surface area contributed by atoms with E-state index < -0.39 is 0 Å². The summed E-state index contributed by atoms with van der Waals surface area (Å²) in [5, 5.41) is 5.89. The Morgan fingerprint density at radius 3 is 2.32 bits per heavy atom. The average molecular weight is 427 g/mol. The molecule has 0 bridgehead atoms. The third kappa shape index (κ3) is 7.79. The molecule has 1 unspecified atom stereocenters. The number of hydrogen-bond donors (Lipinski definition) is 4. The zero-order valence-electron chi connectivity index (χ0n) is 18.5. The van der Waals surface area contributed by atoms with E-state index in [0.717, 1.165) is 54.6 Å². The lowest BCUT2D eigenvalue weighted by atomic mass is 10.1. The zero-order chi connectivity index (χ0) is 22.1. The summed E-state index contributed by atoms with van der Waals surface area (Å²) in [5.41, 5.74) is 4.32. The predicted molar refractivity (Wildman–Crippen MR) is 120 cm³/mol. The Bertz CT molecular complexity index is 863. The third-order valence-electron chi connectivity index (χ3n) is 5.49. The minimum absolute atomic E-state index is 0.0610. The number of aryl methyl sites for hydroxylation is 1. The SMILES string of the molecule is Cc1ccc(NC(=O)C[NH+](C)CC(=O)NCc2ccccc2C[NH+]2CCOCC2)cc1. The standard InChI is InChI=1S/C24H32N4O3/c1-19-7-9-22(10-8-19)26-24(30)18-27(2)17-23(29)25-15-20-5-3-4-6-21(20)16-28-11-13-31-14-12-28/h3-10H,11-18H2,1-2H3,(H,25,29)(H,26,30)/p+2. The summed E-state index contributed by atoms with van der Waals surface area (Å²) in [5.74, 6) is -0.165. The van der Waals surface area contributed by atoms with Crippen LogP contribution >= 0.6 is 0 Å². The van der Waals surface area contributed by atoms with E-state index in [0.29, 0.717) is 6.54 Å². The second-order valence-corrected chi connectivity index (χ2v) is 8.31. The Balaban J connectivity index is 1.43. The van der Waals surface area contributed by atoms with Gasteiger partial charge in [-0.15, -0.1) is 0 Å². The molecule has 0 aliphatic carbocycles. The van der Waals surface area contributed by atoms with Gasteiger partial charge in [0.15, 0.2) is 13.1 Å². The van der Waals surface area contributed by atoms with Crippen LogP contribution in [0.15, 0.2) is 48.5 Å². The zero-order valence-corrected chi connectivity index (χ0v) is 18.5. The topological polar surface area (TPSA) is 76.3 Å². The van der Waals surface area contributed by atoms with E-state index in [4.69, 9.17) is 4.74 Å². The van der Waals surface area contributed by atoms with Crippen LogP contribution in [0.4, 0.5) is 5.69 Å². The van der Waals surface area contributed by atoms with Crippen molar-refractivity contribution in [2.75, 3.05) is 51.8 Å². The molecule has 0 radical (unpaired) electrons. The highest BCUT2D eigenvalue weighted by molar-refractivity contribution is 5.91. The Labute approximate surface area is 184 Å². The number of rotatable bonds is 9. The average Bonchev–Trinajstić information content (AvgIpc) is 2.75. The number of amides is 2. The molecular formula is C24H34N4O3+2. The molecule has 0 spiro atoms. The molecule has 0 aromatic heterocycles. The fourth-order valence-corrected chi connectivity index (χ4v) is 3.72. The highest BCUT2D eigenvalue weighted by Gasteiger charge is 2.17. The first-order valence-corrected chi connectivity index (χ1v) is 10.9. The molecule has 1 atom stereocenters. The molecule has 0 saturated carbocycles. The molecule has 1 heterocycles. The Morgan fingerprint density at radius 2 is 1.61 bits per heavy atom. The first-order valence-electron chi connectivity index (χ1n) is 10.9. The second-order valence-electron chi connectivity index (χ2n) is 8.31. The number of ether oxygens (including phenoxy) is 1. The van der Waals surface area contributed by atoms with Crippen LogP contribution in [0.2, 0.25) is 0 Å². The highest BCUT2D eigenvalue weighted by Crippen LogP contribution is 2.08. The van der Waals surface area contributed by atoms with Gasteiger partial charge in [-0.3, -0.25) is 9.59 Å². The predicted octanol–water partition coefficient (Wildman–Crippen LogP) is -0.820. The van der Waals surface area contributed by atoms with E-state index in [2.05, 4.69) is 22.8 Å². The molecule has 7 heteroatoms. The van der Waals surface area contributed by atoms with E-state index in [1.165, 1.54) is 10.5 Å². The summed E-state index contributed by atoms with van der Waals surface area (Å²) < 4.78 is 5.44. The maximum absolute atomic E-state index is 12.4. The van der Waals surface area contributed by atoms with Crippen LogP contribution < -0.4 is 20.4 Å². The number of anilines is 1. The van der Waals surface area contributed by atoms with Crippen LogP contribution in [0.25, 0.3) is 0 Å². The molecule has 1 fully saturated rings. The van der Waals surface area contributed by atoms with Gasteiger partial charge in [0.25, 0.3) is 11.8 Å². The van der Waals surface area contributed by atoms with Gasteiger partial charge in [0.1, 0.15) is 19.6 Å². The summed E-state index contributed by atoms with van der Waals surface area (Å²) in [6.45, 7) is 7.57. The fraction of sp³-hybridized carbons (Fsp3) is 0.417. The summed E-state index contributed by atoms with van der Waals surface area (Å²) in [7, 11) is 1.85. The molecule has 166 valence electrons. The molecule has 2 aromatic carbocycles. The molecule has 3 rings (SSSR count). The van der Waals surface area contributed by atoms with Gasteiger partial charge in [0.05, 0.1) is 20.3 Å².